The molecule has 30 heavy (non-hydrogen) atoms. The van der Waals surface area contributed by atoms with Crippen LogP contribution in [0, 0.1) is 0 Å². The van der Waals surface area contributed by atoms with Gasteiger partial charge < -0.3 is 15.6 Å². The number of thiazole rings is 1. The lowest BCUT2D eigenvalue weighted by Gasteiger charge is -2.27. The minimum atomic E-state index is -2.03. The molecule has 0 spiro atoms. The minimum absolute atomic E-state index is 0.330. The Morgan fingerprint density at radius 1 is 1.07 bits per heavy atom. The fourth-order valence-corrected chi connectivity index (χ4v) is 3.81. The number of hydrogen-bond acceptors (Lipinski definition) is 6. The predicted molar refractivity (Wildman–Crippen MR) is 116 cm³/mol. The molecule has 0 fully saturated rings. The number of amides is 2. The Balaban J connectivity index is 1.99. The summed E-state index contributed by atoms with van der Waals surface area (Å²) < 4.78 is 5.24. The summed E-state index contributed by atoms with van der Waals surface area (Å²) in [6, 6.07) is 15.4. The molecule has 2 aromatic carbocycles. The van der Waals surface area contributed by atoms with Gasteiger partial charge in [0.15, 0.2) is 10.7 Å². The summed E-state index contributed by atoms with van der Waals surface area (Å²) in [5.41, 5.74) is 4.25. The molecule has 0 aliphatic carbocycles. The number of nitrogens with zero attached hydrogens (tertiary/aromatic N) is 1. The first kappa shape index (κ1) is 21.5. The van der Waals surface area contributed by atoms with Gasteiger partial charge in [-0.25, -0.2) is 9.78 Å². The molecule has 0 aliphatic rings. The van der Waals surface area contributed by atoms with E-state index in [9.17, 15) is 14.7 Å². The number of carbonyl (C=O) groups excluding carboxylic acids is 2. The van der Waals surface area contributed by atoms with Crippen molar-refractivity contribution in [1.82, 2.24) is 4.98 Å². The van der Waals surface area contributed by atoms with E-state index in [2.05, 4.69) is 10.3 Å². The number of anilines is 1. The lowest BCUT2D eigenvalue weighted by atomic mass is 9.83. The fraction of sp³-hybridized carbons (Fsp3) is 0.227. The van der Waals surface area contributed by atoms with Crippen LogP contribution in [-0.4, -0.2) is 27.7 Å². The summed E-state index contributed by atoms with van der Waals surface area (Å²) in [5, 5.41) is 14.3. The Kier molecular flexibility index (Phi) is 5.91. The van der Waals surface area contributed by atoms with Gasteiger partial charge in [-0.3, -0.25) is 10.1 Å². The summed E-state index contributed by atoms with van der Waals surface area (Å²) in [4.78, 5) is 29.2. The molecule has 0 saturated carbocycles. The van der Waals surface area contributed by atoms with Crippen LogP contribution in [0.5, 0.6) is 0 Å². The number of aliphatic hydroxyl groups is 1. The van der Waals surface area contributed by atoms with Crippen LogP contribution in [0.15, 0.2) is 60.8 Å². The van der Waals surface area contributed by atoms with Crippen molar-refractivity contribution in [3.05, 3.63) is 71.9 Å². The standard InChI is InChI=1S/C22H23N3O4S/c1-21(2,3)29-20(27)25-19-24-13-17(30-19)15-11-7-8-12-16(15)22(28,18(23)26)14-9-5-4-6-10-14/h4-13,28H,1-3H3,(H2,23,26)(H,24,25,27). The van der Waals surface area contributed by atoms with Gasteiger partial charge in [-0.15, -0.1) is 0 Å². The van der Waals surface area contributed by atoms with Crippen LogP contribution in [-0.2, 0) is 15.1 Å². The average Bonchev–Trinajstić information content (AvgIpc) is 3.14. The molecule has 2 amide bonds. The molecule has 156 valence electrons. The molecule has 1 aromatic heterocycles. The monoisotopic (exact) mass is 425 g/mol. The van der Waals surface area contributed by atoms with E-state index in [0.29, 0.717) is 26.7 Å². The third-order valence-electron chi connectivity index (χ3n) is 4.24. The largest absolute Gasteiger partial charge is 0.444 e. The van der Waals surface area contributed by atoms with E-state index in [1.165, 1.54) is 11.3 Å². The highest BCUT2D eigenvalue weighted by Crippen LogP contribution is 2.39. The Bertz CT molecular complexity index is 1060. The van der Waals surface area contributed by atoms with Gasteiger partial charge in [0, 0.05) is 17.3 Å². The Morgan fingerprint density at radius 2 is 1.70 bits per heavy atom. The molecule has 4 N–H and O–H groups in total. The van der Waals surface area contributed by atoms with Gasteiger partial charge >= 0.3 is 6.09 Å². The maximum absolute atomic E-state index is 12.4. The van der Waals surface area contributed by atoms with E-state index in [-0.39, 0.29) is 0 Å². The van der Waals surface area contributed by atoms with Crippen LogP contribution >= 0.6 is 11.3 Å². The first-order valence-electron chi connectivity index (χ1n) is 9.25. The summed E-state index contributed by atoms with van der Waals surface area (Å²) in [6.07, 6.45) is 0.942. The van der Waals surface area contributed by atoms with Gasteiger partial charge in [0.25, 0.3) is 5.91 Å². The summed E-state index contributed by atoms with van der Waals surface area (Å²) in [5.74, 6) is -0.891. The van der Waals surface area contributed by atoms with Crippen molar-refractivity contribution in [3.63, 3.8) is 0 Å². The Morgan fingerprint density at radius 3 is 2.33 bits per heavy atom. The van der Waals surface area contributed by atoms with Gasteiger partial charge in [0.1, 0.15) is 5.60 Å². The summed E-state index contributed by atoms with van der Waals surface area (Å²) in [6.45, 7) is 5.30. The lowest BCUT2D eigenvalue weighted by Crippen LogP contribution is -2.42. The molecule has 1 unspecified atom stereocenters. The third-order valence-corrected chi connectivity index (χ3v) is 5.19. The maximum atomic E-state index is 12.4. The predicted octanol–water partition coefficient (Wildman–Crippen LogP) is 3.88. The third kappa shape index (κ3) is 4.50. The number of aromatic nitrogens is 1. The molecule has 0 radical (unpaired) electrons. The van der Waals surface area contributed by atoms with Crippen LogP contribution in [0.2, 0.25) is 0 Å². The zero-order valence-corrected chi connectivity index (χ0v) is 17.7. The van der Waals surface area contributed by atoms with Crippen LogP contribution in [0.1, 0.15) is 31.9 Å². The van der Waals surface area contributed by atoms with E-state index >= 15 is 0 Å². The molecular formula is C22H23N3O4S. The molecule has 3 rings (SSSR count). The van der Waals surface area contributed by atoms with Crippen molar-refractivity contribution in [3.8, 4) is 10.4 Å². The van der Waals surface area contributed by atoms with Crippen LogP contribution in [0.3, 0.4) is 0 Å². The molecule has 1 heterocycles. The van der Waals surface area contributed by atoms with Crippen molar-refractivity contribution < 1.29 is 19.4 Å². The number of benzene rings is 2. The quantitative estimate of drug-likeness (QED) is 0.574. The number of rotatable bonds is 5. The number of primary amides is 1. The molecule has 7 nitrogen and oxygen atoms in total. The number of hydrogen-bond donors (Lipinski definition) is 3. The lowest BCUT2D eigenvalue weighted by molar-refractivity contribution is -0.133. The topological polar surface area (TPSA) is 115 Å². The van der Waals surface area contributed by atoms with Gasteiger partial charge in [-0.05, 0) is 26.3 Å². The highest BCUT2D eigenvalue weighted by atomic mass is 32.1. The van der Waals surface area contributed by atoms with Crippen molar-refractivity contribution in [2.24, 2.45) is 5.73 Å². The second-order valence-electron chi connectivity index (χ2n) is 7.64. The van der Waals surface area contributed by atoms with Crippen LogP contribution < -0.4 is 11.1 Å². The van der Waals surface area contributed by atoms with Gasteiger partial charge in [-0.1, -0.05) is 65.9 Å². The zero-order chi connectivity index (χ0) is 21.9. The Hall–Kier alpha value is -3.23. The number of nitrogens with two attached hydrogens (primary N) is 1. The molecule has 0 saturated heterocycles. The van der Waals surface area contributed by atoms with E-state index in [0.717, 1.165) is 0 Å². The molecule has 3 aromatic rings. The number of ether oxygens (including phenoxy) is 1. The second-order valence-corrected chi connectivity index (χ2v) is 8.67. The first-order chi connectivity index (χ1) is 14.1. The fourth-order valence-electron chi connectivity index (χ4n) is 2.97. The molecular weight excluding hydrogens is 402 g/mol. The van der Waals surface area contributed by atoms with Crippen molar-refractivity contribution in [1.29, 1.82) is 0 Å². The van der Waals surface area contributed by atoms with Crippen molar-refractivity contribution in [2.45, 2.75) is 32.0 Å². The number of carbonyl (C=O) groups is 2. The normalized spacial score (nSPS) is 13.3. The number of nitrogens with one attached hydrogen (secondary N) is 1. The molecule has 0 aliphatic heterocycles. The second kappa shape index (κ2) is 8.25. The SMILES string of the molecule is CC(C)(C)OC(=O)Nc1ncc(-c2ccccc2C(O)(C(N)=O)c2ccccc2)s1. The van der Waals surface area contributed by atoms with E-state index in [4.69, 9.17) is 10.5 Å². The summed E-state index contributed by atoms with van der Waals surface area (Å²) in [7, 11) is 0. The molecule has 8 heteroatoms. The van der Waals surface area contributed by atoms with Crippen LogP contribution in [0.25, 0.3) is 10.4 Å². The van der Waals surface area contributed by atoms with Gasteiger partial charge in [0.2, 0.25) is 0 Å². The van der Waals surface area contributed by atoms with E-state index < -0.39 is 23.2 Å². The molecule has 0 bridgehead atoms. The highest BCUT2D eigenvalue weighted by Gasteiger charge is 2.40. The first-order valence-corrected chi connectivity index (χ1v) is 10.1. The van der Waals surface area contributed by atoms with Gasteiger partial charge in [-0.2, -0.15) is 0 Å². The van der Waals surface area contributed by atoms with E-state index in [1.54, 1.807) is 81.6 Å². The molecule has 1 atom stereocenters. The van der Waals surface area contributed by atoms with Crippen LogP contribution in [0.4, 0.5) is 9.93 Å². The average molecular weight is 426 g/mol. The minimum Gasteiger partial charge on any atom is -0.444 e. The Labute approximate surface area is 178 Å². The van der Waals surface area contributed by atoms with E-state index in [1.807, 2.05) is 0 Å². The highest BCUT2D eigenvalue weighted by molar-refractivity contribution is 7.19. The van der Waals surface area contributed by atoms with Gasteiger partial charge in [0.05, 0.1) is 4.88 Å². The van der Waals surface area contributed by atoms with Crippen molar-refractivity contribution in [2.75, 3.05) is 5.32 Å². The summed E-state index contributed by atoms with van der Waals surface area (Å²) >= 11 is 1.19. The van der Waals surface area contributed by atoms with Crippen molar-refractivity contribution >= 4 is 28.5 Å². The smallest absolute Gasteiger partial charge is 0.413 e. The zero-order valence-electron chi connectivity index (χ0n) is 16.9. The maximum Gasteiger partial charge on any atom is 0.413 e.